The molecule has 0 spiro atoms. The number of hydrogen-bond donors (Lipinski definition) is 2. The molecular weight excluding hydrogens is 224 g/mol. The van der Waals surface area contributed by atoms with Crippen molar-refractivity contribution in [2.75, 3.05) is 0 Å². The molecule has 0 unspecified atom stereocenters. The van der Waals surface area contributed by atoms with Crippen LogP contribution < -0.4 is 0 Å². The van der Waals surface area contributed by atoms with Crippen LogP contribution in [0.1, 0.15) is 38.1 Å². The summed E-state index contributed by atoms with van der Waals surface area (Å²) in [5, 5.41) is 8.73. The van der Waals surface area contributed by atoms with Gasteiger partial charge < -0.3 is 9.97 Å². The largest absolute Gasteiger partial charge is 0.360 e. The minimum absolute atomic E-state index is 0.853. The molecule has 2 N–H and O–H groups in total. The summed E-state index contributed by atoms with van der Waals surface area (Å²) in [6.07, 6.45) is 5.50. The van der Waals surface area contributed by atoms with Crippen LogP contribution in [0.3, 0.4) is 0 Å². The van der Waals surface area contributed by atoms with Crippen molar-refractivity contribution >= 4 is 11.4 Å². The number of aromatic amines is 2. The Balaban J connectivity index is 2.26. The molecule has 0 saturated heterocycles. The number of rotatable bonds is 5. The smallest absolute Gasteiger partial charge is 0.0861 e. The van der Waals surface area contributed by atoms with Crippen molar-refractivity contribution in [1.29, 1.82) is 0 Å². The summed E-state index contributed by atoms with van der Waals surface area (Å²) in [7, 11) is 0. The van der Waals surface area contributed by atoms with Gasteiger partial charge in [-0.3, -0.25) is 0 Å². The highest BCUT2D eigenvalue weighted by atomic mass is 15.2. The van der Waals surface area contributed by atoms with Gasteiger partial charge in [0.15, 0.2) is 0 Å². The predicted molar refractivity (Wildman–Crippen MR) is 75.2 cm³/mol. The number of H-pyrrole nitrogens is 2. The third-order valence-corrected chi connectivity index (χ3v) is 2.78. The first-order valence-corrected chi connectivity index (χ1v) is 6.26. The van der Waals surface area contributed by atoms with Crippen LogP contribution in [0.25, 0.3) is 0 Å². The zero-order chi connectivity index (χ0) is 12.8. The molecule has 2 aromatic rings. The third-order valence-electron chi connectivity index (χ3n) is 2.78. The van der Waals surface area contributed by atoms with Crippen LogP contribution in [0, 0.1) is 0 Å². The third kappa shape index (κ3) is 2.77. The van der Waals surface area contributed by atoms with Crippen LogP contribution >= 0.6 is 0 Å². The zero-order valence-electron chi connectivity index (χ0n) is 10.8. The maximum atomic E-state index is 4.37. The number of nitrogens with zero attached hydrogens (tertiary/aromatic N) is 2. The molecule has 4 nitrogen and oxygen atoms in total. The van der Waals surface area contributed by atoms with Crippen LogP contribution in [0.5, 0.6) is 0 Å². The summed E-state index contributed by atoms with van der Waals surface area (Å²) in [6.45, 7) is 4.16. The summed E-state index contributed by atoms with van der Waals surface area (Å²) in [6, 6.07) is 7.96. The molecule has 0 aliphatic heterocycles. The molecule has 94 valence electrons. The molecule has 0 fully saturated rings. The highest BCUT2D eigenvalue weighted by Gasteiger charge is 2.03. The summed E-state index contributed by atoms with van der Waals surface area (Å²) >= 11 is 0. The van der Waals surface area contributed by atoms with Crippen molar-refractivity contribution in [3.8, 4) is 0 Å². The van der Waals surface area contributed by atoms with Crippen molar-refractivity contribution < 1.29 is 0 Å². The SMILES string of the molecule is CC/C(=N\N=C(/CC)c1ccc[nH]1)c1ccc[nH]1. The summed E-state index contributed by atoms with van der Waals surface area (Å²) in [5.74, 6) is 0. The standard InChI is InChI=1S/C14H18N4/c1-3-11(13-7-5-9-15-13)17-18-12(4-2)14-8-6-10-16-14/h5-10,15-16H,3-4H2,1-2H3/b17-11+,18-12+. The van der Waals surface area contributed by atoms with Gasteiger partial charge in [0, 0.05) is 12.4 Å². The molecule has 0 bridgehead atoms. The van der Waals surface area contributed by atoms with Crippen LogP contribution in [-0.4, -0.2) is 21.4 Å². The van der Waals surface area contributed by atoms with Gasteiger partial charge in [0.2, 0.25) is 0 Å². The second-order valence-electron chi connectivity index (χ2n) is 3.97. The first-order valence-electron chi connectivity index (χ1n) is 6.26. The molecule has 0 radical (unpaired) electrons. The van der Waals surface area contributed by atoms with Gasteiger partial charge in [0.1, 0.15) is 0 Å². The zero-order valence-corrected chi connectivity index (χ0v) is 10.8. The molecule has 18 heavy (non-hydrogen) atoms. The molecule has 0 saturated carbocycles. The second kappa shape index (κ2) is 6.00. The van der Waals surface area contributed by atoms with Gasteiger partial charge in [-0.05, 0) is 37.1 Å². The lowest BCUT2D eigenvalue weighted by molar-refractivity contribution is 1.12. The highest BCUT2D eigenvalue weighted by Crippen LogP contribution is 2.05. The first-order chi connectivity index (χ1) is 8.85. The Bertz CT molecular complexity index is 468. The van der Waals surface area contributed by atoms with E-state index in [1.807, 2.05) is 36.7 Å². The Morgan fingerprint density at radius 2 is 1.33 bits per heavy atom. The van der Waals surface area contributed by atoms with Crippen LogP contribution in [0.2, 0.25) is 0 Å². The monoisotopic (exact) mass is 242 g/mol. The van der Waals surface area contributed by atoms with Crippen LogP contribution in [-0.2, 0) is 0 Å². The topological polar surface area (TPSA) is 56.3 Å². The van der Waals surface area contributed by atoms with Gasteiger partial charge in [-0.2, -0.15) is 10.2 Å². The van der Waals surface area contributed by atoms with Crippen LogP contribution in [0.4, 0.5) is 0 Å². The van der Waals surface area contributed by atoms with E-state index in [1.54, 1.807) is 0 Å². The molecule has 0 atom stereocenters. The van der Waals surface area contributed by atoms with Crippen molar-refractivity contribution in [2.45, 2.75) is 26.7 Å². The van der Waals surface area contributed by atoms with Crippen molar-refractivity contribution in [3.63, 3.8) is 0 Å². The molecule has 0 amide bonds. The van der Waals surface area contributed by atoms with E-state index < -0.39 is 0 Å². The average molecular weight is 242 g/mol. The Morgan fingerprint density at radius 1 is 0.889 bits per heavy atom. The fraction of sp³-hybridized carbons (Fsp3) is 0.286. The van der Waals surface area contributed by atoms with E-state index in [2.05, 4.69) is 34.0 Å². The maximum Gasteiger partial charge on any atom is 0.0861 e. The fourth-order valence-corrected chi connectivity index (χ4v) is 1.77. The summed E-state index contributed by atoms with van der Waals surface area (Å²) in [4.78, 5) is 6.31. The molecule has 2 aromatic heterocycles. The Hall–Kier alpha value is -2.10. The van der Waals surface area contributed by atoms with E-state index in [4.69, 9.17) is 0 Å². The molecule has 0 aliphatic carbocycles. The van der Waals surface area contributed by atoms with E-state index in [9.17, 15) is 0 Å². The van der Waals surface area contributed by atoms with Crippen molar-refractivity contribution in [1.82, 2.24) is 9.97 Å². The Morgan fingerprint density at radius 3 is 1.61 bits per heavy atom. The molecular formula is C14H18N4. The van der Waals surface area contributed by atoms with E-state index in [1.165, 1.54) is 0 Å². The van der Waals surface area contributed by atoms with Crippen molar-refractivity contribution in [2.24, 2.45) is 10.2 Å². The Labute approximate surface area is 107 Å². The van der Waals surface area contributed by atoms with E-state index in [-0.39, 0.29) is 0 Å². The van der Waals surface area contributed by atoms with E-state index in [0.29, 0.717) is 0 Å². The minimum atomic E-state index is 0.853. The second-order valence-corrected chi connectivity index (χ2v) is 3.97. The van der Waals surface area contributed by atoms with Gasteiger partial charge in [0.25, 0.3) is 0 Å². The lowest BCUT2D eigenvalue weighted by Gasteiger charge is -2.00. The highest BCUT2D eigenvalue weighted by molar-refractivity contribution is 6.01. The molecule has 2 rings (SSSR count). The van der Waals surface area contributed by atoms with Crippen molar-refractivity contribution in [3.05, 3.63) is 48.0 Å². The van der Waals surface area contributed by atoms with Gasteiger partial charge in [-0.1, -0.05) is 13.8 Å². The summed E-state index contributed by atoms with van der Waals surface area (Å²) in [5.41, 5.74) is 4.00. The van der Waals surface area contributed by atoms with Gasteiger partial charge in [0.05, 0.1) is 22.8 Å². The average Bonchev–Trinajstić information content (AvgIpc) is 3.07. The van der Waals surface area contributed by atoms with Gasteiger partial charge in [-0.25, -0.2) is 0 Å². The molecule has 0 aliphatic rings. The fourth-order valence-electron chi connectivity index (χ4n) is 1.77. The summed E-state index contributed by atoms with van der Waals surface area (Å²) < 4.78 is 0. The Kier molecular flexibility index (Phi) is 4.12. The number of nitrogens with one attached hydrogen (secondary N) is 2. The normalized spacial score (nSPS) is 13.0. The number of aromatic nitrogens is 2. The van der Waals surface area contributed by atoms with E-state index in [0.717, 1.165) is 35.7 Å². The van der Waals surface area contributed by atoms with E-state index >= 15 is 0 Å². The van der Waals surface area contributed by atoms with Crippen LogP contribution in [0.15, 0.2) is 46.9 Å². The predicted octanol–water partition coefficient (Wildman–Crippen LogP) is 3.36. The maximum absolute atomic E-state index is 4.37. The number of hydrogen-bond acceptors (Lipinski definition) is 2. The van der Waals surface area contributed by atoms with Gasteiger partial charge in [-0.15, -0.1) is 0 Å². The quantitative estimate of drug-likeness (QED) is 0.596. The molecule has 2 heterocycles. The lowest BCUT2D eigenvalue weighted by atomic mass is 10.2. The molecule has 0 aromatic carbocycles. The molecule has 4 heteroatoms. The van der Waals surface area contributed by atoms with Gasteiger partial charge >= 0.3 is 0 Å². The minimum Gasteiger partial charge on any atom is -0.360 e. The first kappa shape index (κ1) is 12.4. The lowest BCUT2D eigenvalue weighted by Crippen LogP contribution is -2.02.